The molecule has 1 aromatic heterocycles. The molecule has 50 valence electrons. The quantitative estimate of drug-likeness (QED) is 0.580. The number of rotatable bonds is 1. The lowest BCUT2D eigenvalue weighted by Gasteiger charge is -1.91. The smallest absolute Gasteiger partial charge is 0.232 e. The van der Waals surface area contributed by atoms with Crippen LogP contribution < -0.4 is 0 Å². The third kappa shape index (κ3) is 1.27. The van der Waals surface area contributed by atoms with Crippen molar-refractivity contribution < 1.29 is 5.11 Å². The Hall–Kier alpha value is -1.47. The molecule has 0 saturated carbocycles. The van der Waals surface area contributed by atoms with Crippen LogP contribution in [0, 0.1) is 11.3 Å². The van der Waals surface area contributed by atoms with Gasteiger partial charge in [0.2, 0.25) is 5.82 Å². The Kier molecular flexibility index (Phi) is 1.92. The van der Waals surface area contributed by atoms with Gasteiger partial charge in [0.15, 0.2) is 0 Å². The van der Waals surface area contributed by atoms with Gasteiger partial charge in [-0.2, -0.15) is 5.26 Å². The average molecular weight is 135 g/mol. The van der Waals surface area contributed by atoms with Crippen molar-refractivity contribution in [3.63, 3.8) is 0 Å². The maximum Gasteiger partial charge on any atom is 0.232 e. The first-order valence-corrected chi connectivity index (χ1v) is 2.69. The molecule has 0 aliphatic carbocycles. The number of aliphatic hydroxyl groups is 1. The summed E-state index contributed by atoms with van der Waals surface area (Å²) in [4.78, 5) is 7.31. The minimum absolute atomic E-state index is 0.0894. The number of hydrogen-bond donors (Lipinski definition) is 1. The molecule has 0 fully saturated rings. The predicted molar refractivity (Wildman–Crippen MR) is 32.7 cm³/mol. The summed E-state index contributed by atoms with van der Waals surface area (Å²) >= 11 is 0. The zero-order valence-electron chi connectivity index (χ0n) is 5.15. The Morgan fingerprint density at radius 3 is 3.10 bits per heavy atom. The van der Waals surface area contributed by atoms with Crippen LogP contribution in [0.3, 0.4) is 0 Å². The molecule has 0 atom stereocenters. The van der Waals surface area contributed by atoms with Crippen LogP contribution in [0.4, 0.5) is 0 Å². The number of hydrogen-bond acceptors (Lipinski definition) is 4. The fraction of sp³-hybridized carbons (Fsp3) is 0.167. The fourth-order valence-corrected chi connectivity index (χ4v) is 0.538. The van der Waals surface area contributed by atoms with Gasteiger partial charge in [-0.05, 0) is 6.07 Å². The van der Waals surface area contributed by atoms with Gasteiger partial charge in [0.25, 0.3) is 0 Å². The molecule has 4 nitrogen and oxygen atoms in total. The highest BCUT2D eigenvalue weighted by molar-refractivity contribution is 5.11. The zero-order valence-corrected chi connectivity index (χ0v) is 5.15. The summed E-state index contributed by atoms with van der Waals surface area (Å²) in [5.74, 6) is 0.0894. The second-order valence-electron chi connectivity index (χ2n) is 1.64. The minimum Gasteiger partial charge on any atom is -0.390 e. The van der Waals surface area contributed by atoms with E-state index in [1.54, 1.807) is 12.1 Å². The first-order chi connectivity index (χ1) is 4.86. The van der Waals surface area contributed by atoms with E-state index >= 15 is 0 Å². The molecule has 1 aromatic rings. The number of nitriles is 1. The standard InChI is InChI=1S/C6H5N3O/c7-3-6-8-2-1-5(4-10)9-6/h1-2,10H,4H2. The maximum absolute atomic E-state index is 8.56. The van der Waals surface area contributed by atoms with Crippen LogP contribution in [0.5, 0.6) is 0 Å². The maximum atomic E-state index is 8.56. The van der Waals surface area contributed by atoms with Gasteiger partial charge in [0.05, 0.1) is 12.3 Å². The van der Waals surface area contributed by atoms with Crippen molar-refractivity contribution in [3.05, 3.63) is 23.8 Å². The average Bonchev–Trinajstić information content (AvgIpc) is 2.05. The van der Waals surface area contributed by atoms with Gasteiger partial charge in [-0.25, -0.2) is 9.97 Å². The molecule has 0 radical (unpaired) electrons. The van der Waals surface area contributed by atoms with E-state index in [-0.39, 0.29) is 12.4 Å². The monoisotopic (exact) mass is 135 g/mol. The van der Waals surface area contributed by atoms with Crippen LogP contribution >= 0.6 is 0 Å². The molecule has 0 saturated heterocycles. The fourth-order valence-electron chi connectivity index (χ4n) is 0.538. The highest BCUT2D eigenvalue weighted by atomic mass is 16.3. The summed E-state index contributed by atoms with van der Waals surface area (Å²) in [6.07, 6.45) is 1.44. The Balaban J connectivity index is 3.01. The molecule has 1 heterocycles. The topological polar surface area (TPSA) is 69.8 Å². The zero-order chi connectivity index (χ0) is 7.40. The van der Waals surface area contributed by atoms with E-state index in [9.17, 15) is 0 Å². The van der Waals surface area contributed by atoms with Gasteiger partial charge < -0.3 is 5.11 Å². The van der Waals surface area contributed by atoms with Crippen molar-refractivity contribution in [3.8, 4) is 6.07 Å². The highest BCUT2D eigenvalue weighted by Crippen LogP contribution is 1.92. The van der Waals surface area contributed by atoms with E-state index in [1.165, 1.54) is 6.20 Å². The summed E-state index contributed by atoms with van der Waals surface area (Å²) < 4.78 is 0. The van der Waals surface area contributed by atoms with Crippen molar-refractivity contribution in [1.82, 2.24) is 9.97 Å². The molecule has 0 amide bonds. The molecule has 4 heteroatoms. The molecule has 10 heavy (non-hydrogen) atoms. The van der Waals surface area contributed by atoms with Crippen LogP contribution in [-0.2, 0) is 6.61 Å². The van der Waals surface area contributed by atoms with E-state index in [1.807, 2.05) is 0 Å². The van der Waals surface area contributed by atoms with Crippen molar-refractivity contribution in [2.24, 2.45) is 0 Å². The second-order valence-corrected chi connectivity index (χ2v) is 1.64. The van der Waals surface area contributed by atoms with E-state index < -0.39 is 0 Å². The summed E-state index contributed by atoms with van der Waals surface area (Å²) in [6, 6.07) is 3.32. The first kappa shape index (κ1) is 6.65. The number of nitrogens with zero attached hydrogens (tertiary/aromatic N) is 3. The van der Waals surface area contributed by atoms with E-state index in [0.29, 0.717) is 5.69 Å². The SMILES string of the molecule is N#Cc1nccc(CO)n1. The van der Waals surface area contributed by atoms with Gasteiger partial charge in [0, 0.05) is 6.20 Å². The van der Waals surface area contributed by atoms with Gasteiger partial charge in [0.1, 0.15) is 6.07 Å². The Morgan fingerprint density at radius 2 is 2.50 bits per heavy atom. The molecule has 0 spiro atoms. The van der Waals surface area contributed by atoms with Crippen LogP contribution in [0.25, 0.3) is 0 Å². The molecular weight excluding hydrogens is 130 g/mol. The Labute approximate surface area is 57.8 Å². The largest absolute Gasteiger partial charge is 0.390 e. The third-order valence-electron chi connectivity index (χ3n) is 0.975. The molecular formula is C6H5N3O. The number of aliphatic hydroxyl groups excluding tert-OH is 1. The summed E-state index contributed by atoms with van der Waals surface area (Å²) in [5.41, 5.74) is 0.464. The third-order valence-corrected chi connectivity index (χ3v) is 0.975. The van der Waals surface area contributed by atoms with Gasteiger partial charge in [-0.15, -0.1) is 0 Å². The summed E-state index contributed by atoms with van der Waals surface area (Å²) in [5, 5.41) is 16.9. The van der Waals surface area contributed by atoms with Crippen LogP contribution in [0.15, 0.2) is 12.3 Å². The van der Waals surface area contributed by atoms with E-state index in [4.69, 9.17) is 10.4 Å². The first-order valence-electron chi connectivity index (χ1n) is 2.69. The van der Waals surface area contributed by atoms with Crippen LogP contribution in [0.2, 0.25) is 0 Å². The van der Waals surface area contributed by atoms with Crippen molar-refractivity contribution >= 4 is 0 Å². The summed E-state index contributed by atoms with van der Waals surface area (Å²) in [6.45, 7) is -0.156. The summed E-state index contributed by atoms with van der Waals surface area (Å²) in [7, 11) is 0. The molecule has 0 bridgehead atoms. The highest BCUT2D eigenvalue weighted by Gasteiger charge is 1.93. The van der Waals surface area contributed by atoms with Crippen molar-refractivity contribution in [2.75, 3.05) is 0 Å². The molecule has 0 aliphatic heterocycles. The normalized spacial score (nSPS) is 8.80. The molecule has 0 unspecified atom stereocenters. The lowest BCUT2D eigenvalue weighted by molar-refractivity contribution is 0.276. The second kappa shape index (κ2) is 2.90. The van der Waals surface area contributed by atoms with Crippen LogP contribution in [0.1, 0.15) is 11.5 Å². The lowest BCUT2D eigenvalue weighted by Crippen LogP contribution is -1.93. The number of aromatic nitrogens is 2. The van der Waals surface area contributed by atoms with Crippen LogP contribution in [-0.4, -0.2) is 15.1 Å². The Bertz CT molecular complexity index is 266. The van der Waals surface area contributed by atoms with Gasteiger partial charge in [-0.3, -0.25) is 0 Å². The molecule has 1 N–H and O–H groups in total. The van der Waals surface area contributed by atoms with Crippen molar-refractivity contribution in [2.45, 2.75) is 6.61 Å². The lowest BCUT2D eigenvalue weighted by atomic mass is 10.4. The predicted octanol–water partition coefficient (Wildman–Crippen LogP) is -0.159. The van der Waals surface area contributed by atoms with Gasteiger partial charge in [-0.1, -0.05) is 0 Å². The van der Waals surface area contributed by atoms with E-state index in [0.717, 1.165) is 0 Å². The Morgan fingerprint density at radius 1 is 1.70 bits per heavy atom. The van der Waals surface area contributed by atoms with E-state index in [2.05, 4.69) is 9.97 Å². The molecule has 1 rings (SSSR count). The molecule has 0 aromatic carbocycles. The minimum atomic E-state index is -0.156. The van der Waals surface area contributed by atoms with Gasteiger partial charge >= 0.3 is 0 Å². The van der Waals surface area contributed by atoms with Crippen molar-refractivity contribution in [1.29, 1.82) is 5.26 Å². The molecule has 0 aliphatic rings.